The highest BCUT2D eigenvalue weighted by molar-refractivity contribution is 9.10. The summed E-state index contributed by atoms with van der Waals surface area (Å²) >= 11 is 3.39. The van der Waals surface area contributed by atoms with E-state index in [2.05, 4.69) is 38.3 Å². The molecule has 1 aromatic carbocycles. The second kappa shape index (κ2) is 5.26. The van der Waals surface area contributed by atoms with Crippen molar-refractivity contribution in [2.24, 2.45) is 0 Å². The minimum atomic E-state index is -0.317. The van der Waals surface area contributed by atoms with Crippen molar-refractivity contribution >= 4 is 15.9 Å². The van der Waals surface area contributed by atoms with Crippen LogP contribution in [0.5, 0.6) is 0 Å². The summed E-state index contributed by atoms with van der Waals surface area (Å²) in [6.45, 7) is 4.02. The Bertz CT molecular complexity index is 623. The minimum Gasteiger partial charge on any atom is -0.338 e. The van der Waals surface area contributed by atoms with Gasteiger partial charge in [0.05, 0.1) is 0 Å². The van der Waals surface area contributed by atoms with Gasteiger partial charge in [-0.2, -0.15) is 4.98 Å². The lowest BCUT2D eigenvalue weighted by Gasteiger charge is -2.30. The van der Waals surface area contributed by atoms with Crippen molar-refractivity contribution in [3.05, 3.63) is 34.4 Å². The molecule has 1 aliphatic rings. The smallest absolute Gasteiger partial charge is 0.232 e. The van der Waals surface area contributed by atoms with Crippen molar-refractivity contribution in [3.63, 3.8) is 0 Å². The molecule has 0 unspecified atom stereocenters. The van der Waals surface area contributed by atoms with Crippen LogP contribution in [0.15, 0.2) is 27.2 Å². The molecule has 1 saturated heterocycles. The van der Waals surface area contributed by atoms with Gasteiger partial charge < -0.3 is 9.84 Å². The molecule has 3 rings (SSSR count). The van der Waals surface area contributed by atoms with Crippen LogP contribution in [0.25, 0.3) is 11.4 Å². The van der Waals surface area contributed by atoms with E-state index in [0.29, 0.717) is 17.3 Å². The van der Waals surface area contributed by atoms with Crippen molar-refractivity contribution in [3.8, 4) is 11.4 Å². The summed E-state index contributed by atoms with van der Waals surface area (Å²) in [5.74, 6) is 0.735. The second-order valence-corrected chi connectivity index (χ2v) is 6.21. The van der Waals surface area contributed by atoms with Gasteiger partial charge >= 0.3 is 0 Å². The molecular weight excluding hydrogens is 325 g/mol. The van der Waals surface area contributed by atoms with E-state index in [4.69, 9.17) is 4.52 Å². The second-order valence-electron chi connectivity index (χ2n) is 5.36. The predicted molar refractivity (Wildman–Crippen MR) is 76.8 cm³/mol. The van der Waals surface area contributed by atoms with E-state index in [1.807, 2.05) is 0 Å². The van der Waals surface area contributed by atoms with Crippen molar-refractivity contribution in [2.75, 3.05) is 13.1 Å². The third-order valence-corrected chi connectivity index (χ3v) is 4.51. The van der Waals surface area contributed by atoms with Gasteiger partial charge in [0.1, 0.15) is 5.82 Å². The molecule has 0 spiro atoms. The van der Waals surface area contributed by atoms with Crippen LogP contribution in [-0.2, 0) is 5.41 Å². The lowest BCUT2D eigenvalue weighted by Crippen LogP contribution is -2.37. The Morgan fingerprint density at radius 1 is 1.35 bits per heavy atom. The van der Waals surface area contributed by atoms with Gasteiger partial charge in [-0.15, -0.1) is 0 Å². The van der Waals surface area contributed by atoms with Crippen LogP contribution >= 0.6 is 15.9 Å². The summed E-state index contributed by atoms with van der Waals surface area (Å²) in [5, 5.41) is 7.32. The summed E-state index contributed by atoms with van der Waals surface area (Å²) in [6, 6.07) is 4.44. The van der Waals surface area contributed by atoms with E-state index < -0.39 is 0 Å². The van der Waals surface area contributed by atoms with Crippen LogP contribution in [-0.4, -0.2) is 23.2 Å². The average molecular weight is 340 g/mol. The molecular formula is C14H15BrFN3O. The number of hydrogen-bond acceptors (Lipinski definition) is 4. The Balaban J connectivity index is 1.95. The highest BCUT2D eigenvalue weighted by atomic mass is 79.9. The zero-order valence-corrected chi connectivity index (χ0v) is 12.7. The molecule has 0 aliphatic carbocycles. The Morgan fingerprint density at radius 2 is 2.10 bits per heavy atom. The highest BCUT2D eigenvalue weighted by Crippen LogP contribution is 2.34. The first-order valence-electron chi connectivity index (χ1n) is 6.59. The van der Waals surface area contributed by atoms with Gasteiger partial charge in [0.2, 0.25) is 11.7 Å². The van der Waals surface area contributed by atoms with Crippen LogP contribution in [0.1, 0.15) is 25.7 Å². The van der Waals surface area contributed by atoms with E-state index in [-0.39, 0.29) is 11.2 Å². The summed E-state index contributed by atoms with van der Waals surface area (Å²) < 4.78 is 19.5. The van der Waals surface area contributed by atoms with Gasteiger partial charge in [-0.1, -0.05) is 28.0 Å². The minimum absolute atomic E-state index is 0.101. The van der Waals surface area contributed by atoms with E-state index in [1.165, 1.54) is 12.1 Å². The average Bonchev–Trinajstić information content (AvgIpc) is 2.93. The molecule has 0 atom stereocenters. The van der Waals surface area contributed by atoms with Crippen LogP contribution in [0.3, 0.4) is 0 Å². The molecule has 0 amide bonds. The number of nitrogens with one attached hydrogen (secondary N) is 1. The molecule has 2 aromatic rings. The Kier molecular flexibility index (Phi) is 3.60. The van der Waals surface area contributed by atoms with Gasteiger partial charge in [-0.05, 0) is 44.1 Å². The maximum Gasteiger partial charge on any atom is 0.232 e. The molecule has 0 radical (unpaired) electrons. The van der Waals surface area contributed by atoms with Gasteiger partial charge in [0.25, 0.3) is 0 Å². The summed E-state index contributed by atoms with van der Waals surface area (Å²) in [7, 11) is 0. The molecule has 0 saturated carbocycles. The van der Waals surface area contributed by atoms with Crippen molar-refractivity contribution in [2.45, 2.75) is 25.2 Å². The number of nitrogens with zero attached hydrogens (tertiary/aromatic N) is 2. The standard InChI is InChI=1S/C14H15BrFN3O/c1-14(4-6-17-7-5-14)13-18-12(19-20-13)10-8-9(16)2-3-11(10)15/h2-3,8,17H,4-7H2,1H3. The Morgan fingerprint density at radius 3 is 2.85 bits per heavy atom. The number of aromatic nitrogens is 2. The normalized spacial score (nSPS) is 18.1. The van der Waals surface area contributed by atoms with Crippen LogP contribution in [0.2, 0.25) is 0 Å². The molecule has 2 heterocycles. The van der Waals surface area contributed by atoms with E-state index >= 15 is 0 Å². The first kappa shape index (κ1) is 13.7. The van der Waals surface area contributed by atoms with E-state index in [9.17, 15) is 4.39 Å². The molecule has 4 nitrogen and oxygen atoms in total. The molecule has 1 N–H and O–H groups in total. The first-order valence-corrected chi connectivity index (χ1v) is 7.38. The van der Waals surface area contributed by atoms with Crippen molar-refractivity contribution < 1.29 is 8.91 Å². The van der Waals surface area contributed by atoms with E-state index in [0.717, 1.165) is 30.4 Å². The molecule has 6 heteroatoms. The molecule has 0 bridgehead atoms. The molecule has 1 aromatic heterocycles. The monoisotopic (exact) mass is 339 g/mol. The van der Waals surface area contributed by atoms with Crippen molar-refractivity contribution in [1.82, 2.24) is 15.5 Å². The third-order valence-electron chi connectivity index (χ3n) is 3.82. The Labute approximate surface area is 124 Å². The number of halogens is 2. The molecule has 20 heavy (non-hydrogen) atoms. The topological polar surface area (TPSA) is 51.0 Å². The number of piperidine rings is 1. The van der Waals surface area contributed by atoms with Gasteiger partial charge in [0, 0.05) is 15.5 Å². The first-order chi connectivity index (χ1) is 9.58. The summed E-state index contributed by atoms with van der Waals surface area (Å²) in [4.78, 5) is 4.48. The van der Waals surface area contributed by atoms with Crippen LogP contribution in [0.4, 0.5) is 4.39 Å². The van der Waals surface area contributed by atoms with Gasteiger partial charge in [-0.3, -0.25) is 0 Å². The molecule has 1 aliphatic heterocycles. The zero-order chi connectivity index (χ0) is 14.2. The molecule has 1 fully saturated rings. The lowest BCUT2D eigenvalue weighted by atomic mass is 9.81. The quantitative estimate of drug-likeness (QED) is 0.912. The largest absolute Gasteiger partial charge is 0.338 e. The summed E-state index contributed by atoms with van der Waals surface area (Å²) in [5.41, 5.74) is 0.508. The predicted octanol–water partition coefficient (Wildman–Crippen LogP) is 3.28. The zero-order valence-electron chi connectivity index (χ0n) is 11.1. The third kappa shape index (κ3) is 2.50. The fourth-order valence-corrected chi connectivity index (χ4v) is 2.86. The van der Waals surface area contributed by atoms with Gasteiger partial charge in [-0.25, -0.2) is 4.39 Å². The highest BCUT2D eigenvalue weighted by Gasteiger charge is 2.34. The van der Waals surface area contributed by atoms with Crippen molar-refractivity contribution in [1.29, 1.82) is 0 Å². The summed E-state index contributed by atoms with van der Waals surface area (Å²) in [6.07, 6.45) is 1.91. The molecule has 106 valence electrons. The lowest BCUT2D eigenvalue weighted by molar-refractivity contribution is 0.241. The SMILES string of the molecule is CC1(c2nc(-c3cc(F)ccc3Br)no2)CCNCC1. The van der Waals surface area contributed by atoms with Gasteiger partial charge in [0.15, 0.2) is 0 Å². The fraction of sp³-hybridized carbons (Fsp3) is 0.429. The van der Waals surface area contributed by atoms with Crippen LogP contribution in [0, 0.1) is 5.82 Å². The number of benzene rings is 1. The number of rotatable bonds is 2. The van der Waals surface area contributed by atoms with E-state index in [1.54, 1.807) is 6.07 Å². The number of hydrogen-bond donors (Lipinski definition) is 1. The Hall–Kier alpha value is -1.27. The maximum absolute atomic E-state index is 13.4. The maximum atomic E-state index is 13.4. The fourth-order valence-electron chi connectivity index (χ4n) is 2.44. The van der Waals surface area contributed by atoms with Crippen LogP contribution < -0.4 is 5.32 Å².